The molecule has 0 aliphatic rings. The molecule has 6 heteroatoms. The van der Waals surface area contributed by atoms with Gasteiger partial charge in [0.1, 0.15) is 6.61 Å². The number of benzene rings is 1. The number of carbonyl (C=O) groups is 2. The van der Waals surface area contributed by atoms with Crippen molar-refractivity contribution in [3.8, 4) is 0 Å². The van der Waals surface area contributed by atoms with Gasteiger partial charge in [0.25, 0.3) is 0 Å². The number of hydrogen-bond acceptors (Lipinski definition) is 5. The summed E-state index contributed by atoms with van der Waals surface area (Å²) in [5.74, 6) is -0.548. The molecule has 0 saturated carbocycles. The smallest absolute Gasteiger partial charge is 0.335 e. The van der Waals surface area contributed by atoms with Crippen molar-refractivity contribution in [3.63, 3.8) is 0 Å². The van der Waals surface area contributed by atoms with Crippen molar-refractivity contribution in [2.75, 3.05) is 19.4 Å². The van der Waals surface area contributed by atoms with Gasteiger partial charge < -0.3 is 15.2 Å². The molecule has 1 rings (SSSR count). The lowest BCUT2D eigenvalue weighted by atomic mass is 10.1. The van der Waals surface area contributed by atoms with E-state index in [1.165, 1.54) is 6.92 Å². The minimum absolute atomic E-state index is 0.0402. The number of carboxylic acids is 1. The second-order valence-corrected chi connectivity index (χ2v) is 5.02. The first-order valence-electron chi connectivity index (χ1n) is 5.80. The average Bonchev–Trinajstić information content (AvgIpc) is 2.39. The van der Waals surface area contributed by atoms with Gasteiger partial charge in [0.2, 0.25) is 0 Å². The Morgan fingerprint density at radius 1 is 1.37 bits per heavy atom. The molecule has 1 atom stereocenters. The number of esters is 1. The van der Waals surface area contributed by atoms with E-state index in [1.807, 2.05) is 7.05 Å². The molecule has 1 aromatic rings. The number of nitrogens with one attached hydrogen (secondary N) is 1. The van der Waals surface area contributed by atoms with Crippen LogP contribution in [0.5, 0.6) is 0 Å². The molecule has 1 unspecified atom stereocenters. The summed E-state index contributed by atoms with van der Waals surface area (Å²) in [5, 5.41) is 12.0. The lowest BCUT2D eigenvalue weighted by molar-refractivity contribution is -0.140. The largest absolute Gasteiger partial charge is 0.478 e. The third kappa shape index (κ3) is 5.32. The Balaban J connectivity index is 2.54. The van der Waals surface area contributed by atoms with Crippen LogP contribution in [0.3, 0.4) is 0 Å². The minimum Gasteiger partial charge on any atom is -0.478 e. The monoisotopic (exact) mass is 283 g/mol. The van der Waals surface area contributed by atoms with Gasteiger partial charge in [-0.2, -0.15) is 0 Å². The number of thioether (sulfide) groups is 1. The lowest BCUT2D eigenvalue weighted by Crippen LogP contribution is -2.15. The van der Waals surface area contributed by atoms with E-state index in [-0.39, 0.29) is 16.9 Å². The molecular formula is C13H17NO4S. The molecule has 0 aliphatic carbocycles. The summed E-state index contributed by atoms with van der Waals surface area (Å²) < 4.78 is 4.86. The summed E-state index contributed by atoms with van der Waals surface area (Å²) in [6, 6.07) is 6.72. The van der Waals surface area contributed by atoms with Gasteiger partial charge in [0.05, 0.1) is 10.9 Å². The first-order chi connectivity index (χ1) is 9.04. The van der Waals surface area contributed by atoms with Gasteiger partial charge >= 0.3 is 11.9 Å². The standard InChI is InChI=1S/C13H17NO4S/c1-9(15)18-7-8-19-12(14-2)10-3-5-11(6-4-10)13(16)17/h3-6,12,14H,7-8H2,1-2H3,(H,16,17). The van der Waals surface area contributed by atoms with Gasteiger partial charge in [-0.05, 0) is 24.7 Å². The van der Waals surface area contributed by atoms with E-state index in [0.29, 0.717) is 12.4 Å². The Kier molecular flexibility index (Phi) is 6.38. The zero-order valence-electron chi connectivity index (χ0n) is 10.9. The van der Waals surface area contributed by atoms with Gasteiger partial charge in [0, 0.05) is 12.7 Å². The van der Waals surface area contributed by atoms with Crippen LogP contribution in [0.15, 0.2) is 24.3 Å². The fourth-order valence-electron chi connectivity index (χ4n) is 1.50. The fraction of sp³-hybridized carbons (Fsp3) is 0.385. The molecule has 0 spiro atoms. The Hall–Kier alpha value is -1.53. The van der Waals surface area contributed by atoms with E-state index < -0.39 is 5.97 Å². The predicted molar refractivity (Wildman–Crippen MR) is 74.3 cm³/mol. The Morgan fingerprint density at radius 3 is 2.47 bits per heavy atom. The minimum atomic E-state index is -0.935. The van der Waals surface area contributed by atoms with Crippen molar-refractivity contribution in [2.45, 2.75) is 12.3 Å². The molecule has 0 heterocycles. The second-order valence-electron chi connectivity index (χ2n) is 3.81. The highest BCUT2D eigenvalue weighted by atomic mass is 32.2. The Labute approximate surface area is 116 Å². The molecule has 2 N–H and O–H groups in total. The maximum atomic E-state index is 10.8. The normalized spacial score (nSPS) is 11.9. The van der Waals surface area contributed by atoms with Crippen molar-refractivity contribution in [2.24, 2.45) is 0 Å². The predicted octanol–water partition coefficient (Wildman–Crippen LogP) is 1.90. The van der Waals surface area contributed by atoms with E-state index in [0.717, 1.165) is 5.56 Å². The van der Waals surface area contributed by atoms with Crippen LogP contribution >= 0.6 is 11.8 Å². The molecule has 0 radical (unpaired) electrons. The molecule has 0 amide bonds. The van der Waals surface area contributed by atoms with Crippen LogP contribution in [0.1, 0.15) is 28.2 Å². The highest BCUT2D eigenvalue weighted by molar-refractivity contribution is 7.99. The molecule has 19 heavy (non-hydrogen) atoms. The SMILES string of the molecule is CNC(SCCOC(C)=O)c1ccc(C(=O)O)cc1. The summed E-state index contributed by atoms with van der Waals surface area (Å²) in [6.07, 6.45) is 0. The molecule has 0 aliphatic heterocycles. The summed E-state index contributed by atoms with van der Waals surface area (Å²) >= 11 is 1.60. The number of ether oxygens (including phenoxy) is 1. The maximum absolute atomic E-state index is 10.8. The Morgan fingerprint density at radius 2 is 2.00 bits per heavy atom. The topological polar surface area (TPSA) is 75.6 Å². The first-order valence-corrected chi connectivity index (χ1v) is 6.85. The van der Waals surface area contributed by atoms with E-state index in [2.05, 4.69) is 5.32 Å². The van der Waals surface area contributed by atoms with Crippen molar-refractivity contribution in [1.29, 1.82) is 0 Å². The molecule has 0 aromatic heterocycles. The van der Waals surface area contributed by atoms with Crippen LogP contribution in [0, 0.1) is 0 Å². The average molecular weight is 283 g/mol. The molecule has 0 bridgehead atoms. The maximum Gasteiger partial charge on any atom is 0.335 e. The number of aromatic carboxylic acids is 1. The zero-order valence-corrected chi connectivity index (χ0v) is 11.7. The van der Waals surface area contributed by atoms with Gasteiger partial charge in [0.15, 0.2) is 0 Å². The third-order valence-electron chi connectivity index (χ3n) is 2.40. The number of hydrogen-bond donors (Lipinski definition) is 2. The molecule has 0 fully saturated rings. The van der Waals surface area contributed by atoms with Crippen LogP contribution < -0.4 is 5.32 Å². The van der Waals surface area contributed by atoms with Gasteiger partial charge in [-0.3, -0.25) is 4.79 Å². The summed E-state index contributed by atoms with van der Waals surface area (Å²) in [4.78, 5) is 21.4. The van der Waals surface area contributed by atoms with E-state index in [9.17, 15) is 9.59 Å². The molecule has 104 valence electrons. The molecule has 0 saturated heterocycles. The van der Waals surface area contributed by atoms with Crippen LogP contribution in [-0.2, 0) is 9.53 Å². The van der Waals surface area contributed by atoms with Crippen LogP contribution in [0.2, 0.25) is 0 Å². The number of rotatable bonds is 7. The fourth-order valence-corrected chi connectivity index (χ4v) is 2.43. The van der Waals surface area contributed by atoms with Gasteiger partial charge in [-0.1, -0.05) is 12.1 Å². The highest BCUT2D eigenvalue weighted by Gasteiger charge is 2.10. The quantitative estimate of drug-likeness (QED) is 0.452. The van der Waals surface area contributed by atoms with Gasteiger partial charge in [-0.25, -0.2) is 4.79 Å². The van der Waals surface area contributed by atoms with Crippen molar-refractivity contribution >= 4 is 23.7 Å². The van der Waals surface area contributed by atoms with Crippen molar-refractivity contribution in [3.05, 3.63) is 35.4 Å². The third-order valence-corrected chi connectivity index (χ3v) is 3.64. The zero-order chi connectivity index (χ0) is 14.3. The first kappa shape index (κ1) is 15.5. The number of carboxylic acid groups (broad SMARTS) is 1. The van der Waals surface area contributed by atoms with Crippen LogP contribution in [-0.4, -0.2) is 36.5 Å². The van der Waals surface area contributed by atoms with Crippen molar-refractivity contribution in [1.82, 2.24) is 5.32 Å². The summed E-state index contributed by atoms with van der Waals surface area (Å²) in [7, 11) is 1.83. The van der Waals surface area contributed by atoms with Crippen LogP contribution in [0.4, 0.5) is 0 Å². The van der Waals surface area contributed by atoms with Crippen LogP contribution in [0.25, 0.3) is 0 Å². The van der Waals surface area contributed by atoms with E-state index >= 15 is 0 Å². The summed E-state index contributed by atoms with van der Waals surface area (Å²) in [5.41, 5.74) is 1.25. The van der Waals surface area contributed by atoms with Gasteiger partial charge in [-0.15, -0.1) is 11.8 Å². The van der Waals surface area contributed by atoms with E-state index in [4.69, 9.17) is 9.84 Å². The molecular weight excluding hydrogens is 266 g/mol. The second kappa shape index (κ2) is 7.81. The highest BCUT2D eigenvalue weighted by Crippen LogP contribution is 2.25. The summed E-state index contributed by atoms with van der Waals surface area (Å²) in [6.45, 7) is 1.75. The molecule has 1 aromatic carbocycles. The number of carbonyl (C=O) groups excluding carboxylic acids is 1. The van der Waals surface area contributed by atoms with Crippen molar-refractivity contribution < 1.29 is 19.4 Å². The lowest BCUT2D eigenvalue weighted by Gasteiger charge is -2.16. The molecule has 5 nitrogen and oxygen atoms in total. The van der Waals surface area contributed by atoms with E-state index in [1.54, 1.807) is 36.0 Å². The Bertz CT molecular complexity index is 433.